The van der Waals surface area contributed by atoms with Crippen LogP contribution in [0.2, 0.25) is 0 Å². The highest BCUT2D eigenvalue weighted by Crippen LogP contribution is 2.40. The number of hydrogen-bond donors (Lipinski definition) is 0. The molecule has 0 atom stereocenters. The Morgan fingerprint density at radius 3 is 0.968 bits per heavy atom. The average molecular weight is 809 g/mol. The van der Waals surface area contributed by atoms with Gasteiger partial charge < -0.3 is 4.42 Å². The summed E-state index contributed by atoms with van der Waals surface area (Å²) in [5.41, 5.74) is 8.57. The SMILES string of the molecule is c1ccc(-c2nc(-c3cccc4c3oc3c(-c5nc(-c6ccccc6)nc(-n6c7ccccc7c7ccccc76)n5)cccc34)nc(-n3c4ccccc4c4ccccc43)n2)cc1. The molecule has 0 fully saturated rings. The molecule has 0 aliphatic carbocycles. The topological polar surface area (TPSA) is 100 Å². The van der Waals surface area contributed by atoms with Gasteiger partial charge in [0.1, 0.15) is 11.2 Å². The van der Waals surface area contributed by atoms with Crippen molar-refractivity contribution in [2.45, 2.75) is 0 Å². The summed E-state index contributed by atoms with van der Waals surface area (Å²) in [4.78, 5) is 31.1. The zero-order valence-corrected chi connectivity index (χ0v) is 33.5. The second-order valence-corrected chi connectivity index (χ2v) is 15.5. The Bertz CT molecular complexity index is 3570. The van der Waals surface area contributed by atoms with E-state index < -0.39 is 0 Å². The van der Waals surface area contributed by atoms with E-state index in [4.69, 9.17) is 34.3 Å². The van der Waals surface area contributed by atoms with Crippen LogP contribution >= 0.6 is 0 Å². The van der Waals surface area contributed by atoms with Crippen molar-refractivity contribution in [2.24, 2.45) is 0 Å². The first-order valence-electron chi connectivity index (χ1n) is 20.8. The van der Waals surface area contributed by atoms with Crippen molar-refractivity contribution in [3.05, 3.63) is 194 Å². The van der Waals surface area contributed by atoms with Crippen molar-refractivity contribution in [2.75, 3.05) is 0 Å². The maximum atomic E-state index is 7.04. The molecule has 0 saturated carbocycles. The number of furan rings is 1. The second-order valence-electron chi connectivity index (χ2n) is 15.5. The predicted molar refractivity (Wildman–Crippen MR) is 251 cm³/mol. The van der Waals surface area contributed by atoms with Crippen molar-refractivity contribution in [3.8, 4) is 57.4 Å². The lowest BCUT2D eigenvalue weighted by atomic mass is 10.1. The van der Waals surface area contributed by atoms with E-state index in [0.717, 1.165) is 76.6 Å². The summed E-state index contributed by atoms with van der Waals surface area (Å²) < 4.78 is 11.3. The van der Waals surface area contributed by atoms with Crippen LogP contribution in [-0.4, -0.2) is 39.0 Å². The van der Waals surface area contributed by atoms with E-state index in [1.54, 1.807) is 0 Å². The Kier molecular flexibility index (Phi) is 7.70. The third-order valence-corrected chi connectivity index (χ3v) is 11.9. The van der Waals surface area contributed by atoms with Crippen LogP contribution in [0, 0.1) is 0 Å². The number of nitrogens with zero attached hydrogens (tertiary/aromatic N) is 8. The summed E-state index contributed by atoms with van der Waals surface area (Å²) in [5, 5.41) is 6.34. The lowest BCUT2D eigenvalue weighted by molar-refractivity contribution is 0.670. The number of para-hydroxylation sites is 6. The molecule has 294 valence electrons. The number of fused-ring (bicyclic) bond motifs is 9. The average Bonchev–Trinajstić information content (AvgIpc) is 4.02. The molecule has 0 saturated heterocycles. The van der Waals surface area contributed by atoms with Crippen LogP contribution in [0.15, 0.2) is 199 Å². The standard InChI is InChI=1S/C54H32N8O/c1-3-17-33(18-4-1)49-55-51(59-53(57-49)61-43-29-11-7-21-35(43)36-22-8-12-30-44(36)61)41-27-15-25-39-40-26-16-28-42(48(40)63-47(39)41)52-56-50(34-19-5-2-6-20-34)58-54(60-52)62-45-31-13-9-23-37(45)38-24-10-14-32-46(38)62/h1-32H. The van der Waals surface area contributed by atoms with Crippen molar-refractivity contribution in [1.82, 2.24) is 39.0 Å². The minimum Gasteiger partial charge on any atom is -0.455 e. The van der Waals surface area contributed by atoms with E-state index in [9.17, 15) is 0 Å². The van der Waals surface area contributed by atoms with E-state index in [-0.39, 0.29) is 0 Å². The van der Waals surface area contributed by atoms with Gasteiger partial charge in [0.15, 0.2) is 23.3 Å². The van der Waals surface area contributed by atoms with E-state index >= 15 is 0 Å². The highest BCUT2D eigenvalue weighted by molar-refractivity contribution is 6.13. The fourth-order valence-electron chi connectivity index (χ4n) is 9.05. The van der Waals surface area contributed by atoms with E-state index in [1.165, 1.54) is 0 Å². The molecule has 9 nitrogen and oxygen atoms in total. The van der Waals surface area contributed by atoms with Gasteiger partial charge in [-0.3, -0.25) is 9.13 Å². The van der Waals surface area contributed by atoms with E-state index in [0.29, 0.717) is 46.4 Å². The third-order valence-electron chi connectivity index (χ3n) is 11.9. The van der Waals surface area contributed by atoms with Crippen LogP contribution in [0.4, 0.5) is 0 Å². The summed E-state index contributed by atoms with van der Waals surface area (Å²) in [6.07, 6.45) is 0. The highest BCUT2D eigenvalue weighted by atomic mass is 16.3. The zero-order valence-electron chi connectivity index (χ0n) is 33.5. The Morgan fingerprint density at radius 1 is 0.270 bits per heavy atom. The van der Waals surface area contributed by atoms with Gasteiger partial charge >= 0.3 is 0 Å². The molecule has 63 heavy (non-hydrogen) atoms. The van der Waals surface area contributed by atoms with Crippen LogP contribution < -0.4 is 0 Å². The first-order chi connectivity index (χ1) is 31.2. The molecule has 9 heteroatoms. The van der Waals surface area contributed by atoms with Crippen molar-refractivity contribution < 1.29 is 4.42 Å². The summed E-state index contributed by atoms with van der Waals surface area (Å²) in [5.74, 6) is 3.13. The quantitative estimate of drug-likeness (QED) is 0.165. The molecule has 0 unspecified atom stereocenters. The maximum Gasteiger partial charge on any atom is 0.238 e. The molecule has 13 rings (SSSR count). The Morgan fingerprint density at radius 2 is 0.587 bits per heavy atom. The largest absolute Gasteiger partial charge is 0.455 e. The lowest BCUT2D eigenvalue weighted by Gasteiger charge is -2.11. The fraction of sp³-hybridized carbons (Fsp3) is 0. The van der Waals surface area contributed by atoms with Crippen LogP contribution in [0.5, 0.6) is 0 Å². The molecule has 0 spiro atoms. The van der Waals surface area contributed by atoms with Crippen LogP contribution in [0.3, 0.4) is 0 Å². The van der Waals surface area contributed by atoms with Crippen LogP contribution in [0.1, 0.15) is 0 Å². The van der Waals surface area contributed by atoms with E-state index in [1.807, 2.05) is 109 Å². The van der Waals surface area contributed by atoms with Gasteiger partial charge in [0.05, 0.1) is 33.2 Å². The smallest absolute Gasteiger partial charge is 0.238 e. The van der Waals surface area contributed by atoms with Gasteiger partial charge in [-0.1, -0.05) is 158 Å². The van der Waals surface area contributed by atoms with Gasteiger partial charge in [0, 0.05) is 43.4 Å². The molecule has 0 amide bonds. The van der Waals surface area contributed by atoms with Gasteiger partial charge in [-0.05, 0) is 36.4 Å². The Labute approximate surface area is 359 Å². The Hall–Kier alpha value is -8.82. The predicted octanol–water partition coefficient (Wildman–Crippen LogP) is 12.8. The zero-order chi connectivity index (χ0) is 41.4. The Balaban J connectivity index is 1.04. The summed E-state index contributed by atoms with van der Waals surface area (Å²) in [6, 6.07) is 65.8. The number of rotatable bonds is 6. The first-order valence-corrected chi connectivity index (χ1v) is 20.8. The molecule has 5 aromatic heterocycles. The van der Waals surface area contributed by atoms with Gasteiger partial charge in [0.2, 0.25) is 11.9 Å². The summed E-state index contributed by atoms with van der Waals surface area (Å²) in [6.45, 7) is 0. The van der Waals surface area contributed by atoms with Gasteiger partial charge in [-0.2, -0.15) is 19.9 Å². The molecule has 13 aromatic rings. The number of aromatic nitrogens is 8. The van der Waals surface area contributed by atoms with Crippen molar-refractivity contribution >= 4 is 65.6 Å². The number of hydrogen-bond acceptors (Lipinski definition) is 7. The van der Waals surface area contributed by atoms with Crippen LogP contribution in [0.25, 0.3) is 123 Å². The maximum absolute atomic E-state index is 7.04. The second kappa shape index (κ2) is 13.9. The minimum atomic E-state index is 0.493. The molecule has 5 heterocycles. The van der Waals surface area contributed by atoms with Gasteiger partial charge in [-0.25, -0.2) is 9.97 Å². The molecule has 8 aromatic carbocycles. The molecular formula is C54H32N8O. The molecule has 0 aliphatic heterocycles. The molecule has 0 aliphatic rings. The number of benzene rings is 8. The third kappa shape index (κ3) is 5.50. The van der Waals surface area contributed by atoms with Gasteiger partial charge in [-0.15, -0.1) is 0 Å². The van der Waals surface area contributed by atoms with E-state index in [2.05, 4.69) is 94.1 Å². The normalized spacial score (nSPS) is 11.8. The van der Waals surface area contributed by atoms with Gasteiger partial charge in [0.25, 0.3) is 0 Å². The van der Waals surface area contributed by atoms with Crippen molar-refractivity contribution in [3.63, 3.8) is 0 Å². The lowest BCUT2D eigenvalue weighted by Crippen LogP contribution is -2.06. The first kappa shape index (κ1) is 35.0. The molecule has 0 N–H and O–H groups in total. The van der Waals surface area contributed by atoms with Crippen LogP contribution in [-0.2, 0) is 0 Å². The minimum absolute atomic E-state index is 0.493. The fourth-order valence-corrected chi connectivity index (χ4v) is 9.05. The monoisotopic (exact) mass is 808 g/mol. The molecular weight excluding hydrogens is 777 g/mol. The molecule has 0 bridgehead atoms. The highest BCUT2D eigenvalue weighted by Gasteiger charge is 2.23. The summed E-state index contributed by atoms with van der Waals surface area (Å²) >= 11 is 0. The summed E-state index contributed by atoms with van der Waals surface area (Å²) in [7, 11) is 0. The van der Waals surface area contributed by atoms with Crippen molar-refractivity contribution in [1.29, 1.82) is 0 Å². The molecule has 0 radical (unpaired) electrons.